The number of fused-ring (bicyclic) bond motifs is 6. The minimum absolute atomic E-state index is 0.0530. The van der Waals surface area contributed by atoms with E-state index in [1.807, 2.05) is 6.07 Å². The van der Waals surface area contributed by atoms with Crippen LogP contribution in [0.1, 0.15) is 62.5 Å². The maximum absolute atomic E-state index is 14.6. The van der Waals surface area contributed by atoms with Crippen LogP contribution in [0.15, 0.2) is 24.5 Å². The third-order valence-electron chi connectivity index (χ3n) is 12.9. The predicted octanol–water partition coefficient (Wildman–Crippen LogP) is 10.9. The summed E-state index contributed by atoms with van der Waals surface area (Å²) in [5, 5.41) is 13.1. The van der Waals surface area contributed by atoms with Gasteiger partial charge in [-0.3, -0.25) is 4.98 Å². The standard InChI is InChI=1S/C25H22F3IN7OPS.C15H20F2INS/c1-11-7-16-15(8-31-36(16)38-29)17(19(11)25(26,27)28)20-21-14(5-6-30-20)18-22(33-24(37-2)34-23(18)39-21)35-9-12-3-4-13(10-35)32-12;16-15(17)10-13(15)11-19-5-3-14(4-6-19)8-12(9-14)2-1-7-20-18/h5-8,12-13,32,38H,3-4,9-10H2,1-2H3;12-13H,2-6,8-11H2. The zero-order chi connectivity index (χ0) is 41.3. The fourth-order valence-corrected chi connectivity index (χ4v) is 13.2. The number of anilines is 1. The molecule has 4 atom stereocenters. The number of alkyl halides is 5. The Labute approximate surface area is 374 Å². The lowest BCUT2D eigenvalue weighted by atomic mass is 9.57. The molecule has 7 heterocycles. The molecular formula is C40H42F5I2N8OPS2. The van der Waals surface area contributed by atoms with Crippen molar-refractivity contribution in [1.29, 1.82) is 0 Å². The molecule has 3 saturated heterocycles. The second-order valence-corrected chi connectivity index (χ2v) is 21.4. The minimum Gasteiger partial charge on any atom is -0.467 e. The van der Waals surface area contributed by atoms with Crippen LogP contribution in [-0.4, -0.2) is 87.2 Å². The molecule has 10 rings (SSSR count). The number of ether oxygens (including phenoxy) is 1. The second kappa shape index (κ2) is 16.7. The first-order valence-corrected chi connectivity index (χ1v) is 28.0. The van der Waals surface area contributed by atoms with Crippen LogP contribution in [-0.2, 0) is 6.18 Å². The van der Waals surface area contributed by atoms with E-state index in [4.69, 9.17) is 9.72 Å². The van der Waals surface area contributed by atoms with Gasteiger partial charge >= 0.3 is 12.2 Å². The summed E-state index contributed by atoms with van der Waals surface area (Å²) in [6, 6.07) is 4.42. The van der Waals surface area contributed by atoms with Crippen molar-refractivity contribution in [3.8, 4) is 28.4 Å². The van der Waals surface area contributed by atoms with E-state index < -0.39 is 17.7 Å². The van der Waals surface area contributed by atoms with Crippen LogP contribution < -0.4 is 15.0 Å². The smallest absolute Gasteiger partial charge is 0.417 e. The van der Waals surface area contributed by atoms with Gasteiger partial charge in [-0.1, -0.05) is 5.92 Å². The van der Waals surface area contributed by atoms with Gasteiger partial charge in [0.2, 0.25) is 0 Å². The van der Waals surface area contributed by atoms with Gasteiger partial charge in [-0.2, -0.15) is 28.2 Å². The van der Waals surface area contributed by atoms with E-state index >= 15 is 0 Å². The molecule has 5 aromatic rings. The monoisotopic (exact) mass is 1090 g/mol. The second-order valence-electron chi connectivity index (χ2n) is 16.7. The molecule has 3 aliphatic heterocycles. The zero-order valence-electron chi connectivity index (χ0n) is 32.3. The molecule has 314 valence electrons. The first kappa shape index (κ1) is 42.4. The fourth-order valence-electron chi connectivity index (χ4n) is 9.93. The molecule has 5 fully saturated rings. The summed E-state index contributed by atoms with van der Waals surface area (Å²) in [6.07, 6.45) is 7.17. The van der Waals surface area contributed by atoms with Crippen LogP contribution in [0.25, 0.3) is 42.5 Å². The summed E-state index contributed by atoms with van der Waals surface area (Å²) in [4.78, 5) is 19.1. The number of hydrogen-bond acceptors (Lipinski definition) is 10. The minimum atomic E-state index is -4.57. The molecule has 4 aromatic heterocycles. The van der Waals surface area contributed by atoms with Gasteiger partial charge < -0.3 is 19.9 Å². The number of nitrogens with zero attached hydrogens (tertiary/aromatic N) is 7. The van der Waals surface area contributed by atoms with Crippen LogP contribution in [0.4, 0.5) is 27.8 Å². The van der Waals surface area contributed by atoms with E-state index in [0.29, 0.717) is 44.5 Å². The quantitative estimate of drug-likeness (QED) is 0.0741. The van der Waals surface area contributed by atoms with Crippen molar-refractivity contribution in [3.63, 3.8) is 0 Å². The lowest BCUT2D eigenvalue weighted by Gasteiger charge is -2.52. The van der Waals surface area contributed by atoms with Crippen molar-refractivity contribution in [3.05, 3.63) is 35.7 Å². The van der Waals surface area contributed by atoms with Gasteiger partial charge in [-0.05, 0) is 124 Å². The van der Waals surface area contributed by atoms with Gasteiger partial charge in [0.25, 0.3) is 5.92 Å². The van der Waals surface area contributed by atoms with Crippen molar-refractivity contribution in [1.82, 2.24) is 34.7 Å². The maximum atomic E-state index is 14.6. The number of likely N-dealkylation sites (tertiary alicyclic amines) is 1. The predicted molar refractivity (Wildman–Crippen MR) is 246 cm³/mol. The summed E-state index contributed by atoms with van der Waals surface area (Å²) in [7, 11) is 3.08. The van der Waals surface area contributed by atoms with Crippen molar-refractivity contribution >= 4 is 107 Å². The Morgan fingerprint density at radius 3 is 2.47 bits per heavy atom. The van der Waals surface area contributed by atoms with E-state index in [2.05, 4.69) is 84.6 Å². The Morgan fingerprint density at radius 1 is 1.10 bits per heavy atom. The number of methoxy groups -OCH3 is 1. The first-order chi connectivity index (χ1) is 28.3. The molecule has 1 aromatic carbocycles. The number of hydrogen-bond donors (Lipinski definition) is 1. The Bertz CT molecular complexity index is 2450. The largest absolute Gasteiger partial charge is 0.467 e. The molecule has 4 unspecified atom stereocenters. The first-order valence-electron chi connectivity index (χ1n) is 19.7. The van der Waals surface area contributed by atoms with Crippen LogP contribution in [0.3, 0.4) is 0 Å². The molecule has 5 aliphatic rings. The van der Waals surface area contributed by atoms with E-state index in [1.54, 1.807) is 25.6 Å². The van der Waals surface area contributed by atoms with Gasteiger partial charge in [0.05, 0.1) is 46.5 Å². The molecule has 0 amide bonds. The molecule has 2 bridgehead atoms. The lowest BCUT2D eigenvalue weighted by molar-refractivity contribution is -0.137. The summed E-state index contributed by atoms with van der Waals surface area (Å²) < 4.78 is 77.5. The Morgan fingerprint density at radius 2 is 1.83 bits per heavy atom. The van der Waals surface area contributed by atoms with E-state index in [1.165, 1.54) is 57.3 Å². The Kier molecular flexibility index (Phi) is 12.0. The molecule has 9 nitrogen and oxygen atoms in total. The molecule has 2 saturated carbocycles. The summed E-state index contributed by atoms with van der Waals surface area (Å²) in [6.45, 7) is 5.76. The van der Waals surface area contributed by atoms with Crippen LogP contribution in [0, 0.1) is 35.3 Å². The van der Waals surface area contributed by atoms with E-state index in [0.717, 1.165) is 67.9 Å². The van der Waals surface area contributed by atoms with Crippen molar-refractivity contribution < 1.29 is 26.7 Å². The third kappa shape index (κ3) is 8.37. The number of rotatable bonds is 7. The van der Waals surface area contributed by atoms with Crippen LogP contribution in [0.5, 0.6) is 6.01 Å². The molecule has 19 heteroatoms. The summed E-state index contributed by atoms with van der Waals surface area (Å²) in [5.74, 6) is 2.05. The van der Waals surface area contributed by atoms with E-state index in [9.17, 15) is 22.0 Å². The van der Waals surface area contributed by atoms with Crippen molar-refractivity contribution in [2.24, 2.45) is 17.3 Å². The van der Waals surface area contributed by atoms with Gasteiger partial charge in [0.15, 0.2) is 0 Å². The number of halogens is 7. The van der Waals surface area contributed by atoms with Gasteiger partial charge in [-0.15, -0.1) is 11.3 Å². The van der Waals surface area contributed by atoms with Gasteiger partial charge in [-0.25, -0.2) is 13.2 Å². The lowest BCUT2D eigenvalue weighted by Crippen LogP contribution is -2.51. The van der Waals surface area contributed by atoms with E-state index in [-0.39, 0.29) is 41.5 Å². The molecule has 1 spiro atoms. The zero-order valence-corrected chi connectivity index (χ0v) is 39.3. The number of aryl methyl sites for hydroxylation is 1. The SMILES string of the molecule is COc1nc(N2CC3CCC(C2)N3)c2c(n1)sc1c(-c3c(C(F)(F)F)c(C)cc4c3cnn4PI)nccc12.FC1(F)CC1CN1CCC2(CC1)CC(CC#CSI)C2. The summed E-state index contributed by atoms with van der Waals surface area (Å²) in [5.41, 5.74) is 0.968. The number of piperazine rings is 1. The normalized spacial score (nSPS) is 23.8. The van der Waals surface area contributed by atoms with Crippen LogP contribution in [0.2, 0.25) is 0 Å². The average molecular weight is 1090 g/mol. The van der Waals surface area contributed by atoms with Crippen LogP contribution >= 0.6 is 69.9 Å². The van der Waals surface area contributed by atoms with Gasteiger partial charge in [0, 0.05) is 94.2 Å². The average Bonchev–Trinajstić information content (AvgIpc) is 3.54. The number of thiophene rings is 1. The highest BCUT2D eigenvalue weighted by atomic mass is 127. The van der Waals surface area contributed by atoms with Crippen molar-refractivity contribution in [2.45, 2.75) is 82.5 Å². The number of benzene rings is 1. The fraction of sp³-hybridized carbons (Fsp3) is 0.550. The molecule has 1 N–H and O–H groups in total. The van der Waals surface area contributed by atoms with Crippen molar-refractivity contribution in [2.75, 3.05) is 44.7 Å². The maximum Gasteiger partial charge on any atom is 0.417 e. The topological polar surface area (TPSA) is 84.2 Å². The van der Waals surface area contributed by atoms with Gasteiger partial charge in [0.1, 0.15) is 10.6 Å². The third-order valence-corrected chi connectivity index (χ3v) is 16.8. The number of piperidine rings is 1. The number of nitrogens with one attached hydrogen (secondary N) is 1. The summed E-state index contributed by atoms with van der Waals surface area (Å²) >= 11 is 5.71. The highest BCUT2D eigenvalue weighted by molar-refractivity contribution is 14.2. The molecule has 0 radical (unpaired) electrons. The molecular weight excluding hydrogens is 1050 g/mol. The highest BCUT2D eigenvalue weighted by Gasteiger charge is 2.57. The molecule has 59 heavy (non-hydrogen) atoms. The Balaban J connectivity index is 0.000000189. The highest BCUT2D eigenvalue weighted by Crippen LogP contribution is 2.55. The number of pyridine rings is 1. The number of aromatic nitrogens is 5. The molecule has 2 aliphatic carbocycles. The Hall–Kier alpha value is -1.89.